The smallest absolute Gasteiger partial charge is 0.409 e. The van der Waals surface area contributed by atoms with E-state index in [0.717, 1.165) is 16.3 Å². The van der Waals surface area contributed by atoms with Gasteiger partial charge in [0.25, 0.3) is 0 Å². The summed E-state index contributed by atoms with van der Waals surface area (Å²) in [6.45, 7) is 0. The lowest BCUT2D eigenvalue weighted by Gasteiger charge is -2.13. The van der Waals surface area contributed by atoms with Crippen molar-refractivity contribution in [3.05, 3.63) is 42.6 Å². The molecule has 1 amide bonds. The predicted molar refractivity (Wildman–Crippen MR) is 97.5 cm³/mol. The third kappa shape index (κ3) is 3.45. The molecule has 0 aliphatic rings. The minimum Gasteiger partial charge on any atom is -0.497 e. The second-order valence-electron chi connectivity index (χ2n) is 5.68. The fourth-order valence-electron chi connectivity index (χ4n) is 2.56. The summed E-state index contributed by atoms with van der Waals surface area (Å²) in [4.78, 5) is 21.7. The largest absolute Gasteiger partial charge is 0.497 e. The van der Waals surface area contributed by atoms with Crippen LogP contribution in [0.3, 0.4) is 0 Å². The Labute approximate surface area is 144 Å². The number of amides is 1. The molecule has 1 aromatic heterocycles. The quantitative estimate of drug-likeness (QED) is 0.757. The third-order valence-electron chi connectivity index (χ3n) is 3.74. The summed E-state index contributed by atoms with van der Waals surface area (Å²) in [7, 11) is 5.30. The Bertz CT molecular complexity index is 941. The Hall–Kier alpha value is -3.35. The molecule has 0 bridgehead atoms. The van der Waals surface area contributed by atoms with Crippen LogP contribution in [-0.2, 0) is 0 Å². The van der Waals surface area contributed by atoms with Crippen molar-refractivity contribution in [1.82, 2.24) is 9.97 Å². The molecule has 0 saturated heterocycles. The van der Waals surface area contributed by atoms with Gasteiger partial charge in [-0.25, -0.2) is 14.8 Å². The number of benzene rings is 2. The van der Waals surface area contributed by atoms with Gasteiger partial charge in [0.2, 0.25) is 5.95 Å². The van der Waals surface area contributed by atoms with Gasteiger partial charge in [0, 0.05) is 31.2 Å². The topological polar surface area (TPSA) is 87.6 Å². The maximum atomic E-state index is 11.2. The van der Waals surface area contributed by atoms with Crippen LogP contribution in [0.15, 0.2) is 42.6 Å². The summed E-state index contributed by atoms with van der Waals surface area (Å²) in [5, 5.41) is 13.2. The summed E-state index contributed by atoms with van der Waals surface area (Å²) >= 11 is 0. The number of carboxylic acid groups (broad SMARTS) is 1. The molecule has 0 unspecified atom stereocenters. The molecular formula is C18H18N4O3. The summed E-state index contributed by atoms with van der Waals surface area (Å²) in [6.07, 6.45) is 0.554. The van der Waals surface area contributed by atoms with Gasteiger partial charge in [-0.3, -0.25) is 5.32 Å². The molecule has 0 spiro atoms. The number of fused-ring (bicyclic) bond motifs is 1. The lowest BCUT2D eigenvalue weighted by molar-refractivity contribution is 0.210. The number of anilines is 2. The first-order valence-corrected chi connectivity index (χ1v) is 7.60. The van der Waals surface area contributed by atoms with Gasteiger partial charge >= 0.3 is 6.09 Å². The molecule has 0 fully saturated rings. The molecule has 0 aliphatic heterocycles. The van der Waals surface area contributed by atoms with Crippen LogP contribution in [0.1, 0.15) is 0 Å². The van der Waals surface area contributed by atoms with Crippen molar-refractivity contribution in [3.8, 4) is 17.0 Å². The van der Waals surface area contributed by atoms with Crippen LogP contribution in [0.2, 0.25) is 0 Å². The Kier molecular flexibility index (Phi) is 4.38. The standard InChI is InChI=1S/C18H18N4O3/c1-22(2)17-19-7-6-15(20-17)12-8-11-4-5-13(25-3)10-14(11)16(9-12)21-18(23)24/h4-10,21H,1-3H3,(H,23,24). The number of nitrogens with zero attached hydrogens (tertiary/aromatic N) is 3. The number of hydrogen-bond acceptors (Lipinski definition) is 5. The molecular weight excluding hydrogens is 320 g/mol. The minimum atomic E-state index is -1.13. The normalized spacial score (nSPS) is 10.5. The number of rotatable bonds is 4. The third-order valence-corrected chi connectivity index (χ3v) is 3.74. The first kappa shape index (κ1) is 16.5. The number of hydrogen-bond donors (Lipinski definition) is 2. The molecule has 0 atom stereocenters. The van der Waals surface area contributed by atoms with Crippen molar-refractivity contribution < 1.29 is 14.6 Å². The Morgan fingerprint density at radius 2 is 2.00 bits per heavy atom. The summed E-state index contributed by atoms with van der Waals surface area (Å²) in [5.41, 5.74) is 1.99. The Morgan fingerprint density at radius 3 is 2.68 bits per heavy atom. The second kappa shape index (κ2) is 6.64. The monoisotopic (exact) mass is 338 g/mol. The number of nitrogens with one attached hydrogen (secondary N) is 1. The molecule has 3 aromatic rings. The van der Waals surface area contributed by atoms with Gasteiger partial charge < -0.3 is 14.7 Å². The van der Waals surface area contributed by atoms with E-state index in [2.05, 4.69) is 15.3 Å². The molecule has 7 heteroatoms. The van der Waals surface area contributed by atoms with Crippen LogP contribution < -0.4 is 15.0 Å². The van der Waals surface area contributed by atoms with Gasteiger partial charge in [-0.1, -0.05) is 6.07 Å². The number of ether oxygens (including phenoxy) is 1. The highest BCUT2D eigenvalue weighted by molar-refractivity contribution is 6.02. The maximum Gasteiger partial charge on any atom is 0.409 e. The van der Waals surface area contributed by atoms with E-state index >= 15 is 0 Å². The number of aromatic nitrogens is 2. The summed E-state index contributed by atoms with van der Waals surface area (Å²) < 4.78 is 5.24. The highest BCUT2D eigenvalue weighted by atomic mass is 16.5. The van der Waals surface area contributed by atoms with E-state index in [1.165, 1.54) is 0 Å². The van der Waals surface area contributed by atoms with Crippen LogP contribution in [0.4, 0.5) is 16.4 Å². The second-order valence-corrected chi connectivity index (χ2v) is 5.68. The zero-order chi connectivity index (χ0) is 18.0. The first-order valence-electron chi connectivity index (χ1n) is 7.60. The highest BCUT2D eigenvalue weighted by Crippen LogP contribution is 2.33. The number of methoxy groups -OCH3 is 1. The van der Waals surface area contributed by atoms with E-state index in [1.54, 1.807) is 31.5 Å². The van der Waals surface area contributed by atoms with Gasteiger partial charge in [-0.05, 0) is 35.7 Å². The van der Waals surface area contributed by atoms with Crippen molar-refractivity contribution in [2.45, 2.75) is 0 Å². The highest BCUT2D eigenvalue weighted by Gasteiger charge is 2.11. The van der Waals surface area contributed by atoms with E-state index in [9.17, 15) is 4.79 Å². The molecule has 0 saturated carbocycles. The summed E-state index contributed by atoms with van der Waals surface area (Å²) in [6, 6.07) is 11.0. The van der Waals surface area contributed by atoms with Crippen molar-refractivity contribution in [1.29, 1.82) is 0 Å². The van der Waals surface area contributed by atoms with Crippen LogP contribution in [0.25, 0.3) is 22.0 Å². The molecule has 25 heavy (non-hydrogen) atoms. The van der Waals surface area contributed by atoms with Crippen molar-refractivity contribution in [2.24, 2.45) is 0 Å². The molecule has 1 heterocycles. The molecule has 0 radical (unpaired) electrons. The Morgan fingerprint density at radius 1 is 1.20 bits per heavy atom. The van der Waals surface area contributed by atoms with E-state index < -0.39 is 6.09 Å². The van der Waals surface area contributed by atoms with E-state index in [-0.39, 0.29) is 0 Å². The van der Waals surface area contributed by atoms with E-state index in [1.807, 2.05) is 37.2 Å². The average Bonchev–Trinajstić information content (AvgIpc) is 2.60. The van der Waals surface area contributed by atoms with Crippen molar-refractivity contribution >= 4 is 28.5 Å². The van der Waals surface area contributed by atoms with E-state index in [0.29, 0.717) is 23.1 Å². The molecule has 7 nitrogen and oxygen atoms in total. The van der Waals surface area contributed by atoms with Crippen LogP contribution >= 0.6 is 0 Å². The first-order chi connectivity index (χ1) is 12.0. The van der Waals surface area contributed by atoms with Gasteiger partial charge in [-0.2, -0.15) is 0 Å². The zero-order valence-corrected chi connectivity index (χ0v) is 14.1. The molecule has 128 valence electrons. The predicted octanol–water partition coefficient (Wildman–Crippen LogP) is 3.46. The zero-order valence-electron chi connectivity index (χ0n) is 14.1. The fourth-order valence-corrected chi connectivity index (χ4v) is 2.56. The lowest BCUT2D eigenvalue weighted by atomic mass is 10.0. The Balaban J connectivity index is 2.19. The molecule has 2 aromatic carbocycles. The van der Waals surface area contributed by atoms with Crippen molar-refractivity contribution in [3.63, 3.8) is 0 Å². The lowest BCUT2D eigenvalue weighted by Crippen LogP contribution is -2.12. The van der Waals surface area contributed by atoms with Crippen molar-refractivity contribution in [2.75, 3.05) is 31.4 Å². The van der Waals surface area contributed by atoms with Crippen LogP contribution in [-0.4, -0.2) is 42.4 Å². The maximum absolute atomic E-state index is 11.2. The summed E-state index contributed by atoms with van der Waals surface area (Å²) in [5.74, 6) is 1.24. The van der Waals surface area contributed by atoms with Gasteiger partial charge in [0.15, 0.2) is 0 Å². The minimum absolute atomic E-state index is 0.476. The molecule has 0 aliphatic carbocycles. The molecule has 2 N–H and O–H groups in total. The van der Waals surface area contributed by atoms with E-state index in [4.69, 9.17) is 9.84 Å². The fraction of sp³-hybridized carbons (Fsp3) is 0.167. The van der Waals surface area contributed by atoms with Gasteiger partial charge in [0.05, 0.1) is 18.5 Å². The molecule has 3 rings (SSSR count). The number of carbonyl (C=O) groups is 1. The average molecular weight is 338 g/mol. The van der Waals surface area contributed by atoms with Crippen LogP contribution in [0.5, 0.6) is 5.75 Å². The van der Waals surface area contributed by atoms with Gasteiger partial charge in [-0.15, -0.1) is 0 Å². The van der Waals surface area contributed by atoms with Gasteiger partial charge in [0.1, 0.15) is 5.75 Å². The SMILES string of the molecule is COc1ccc2cc(-c3ccnc(N(C)C)n3)cc(NC(=O)O)c2c1. The van der Waals surface area contributed by atoms with Crippen LogP contribution in [0, 0.1) is 0 Å².